The number of halogens is 3. The predicted octanol–water partition coefficient (Wildman–Crippen LogP) is 6.03. The lowest BCUT2D eigenvalue weighted by Crippen LogP contribution is -2.33. The molecule has 1 amide bonds. The molecule has 7 heteroatoms. The van der Waals surface area contributed by atoms with Gasteiger partial charge in [0.05, 0.1) is 16.3 Å². The second-order valence-electron chi connectivity index (χ2n) is 7.17. The van der Waals surface area contributed by atoms with Gasteiger partial charge < -0.3 is 4.90 Å². The summed E-state index contributed by atoms with van der Waals surface area (Å²) in [7, 11) is 3.90. The van der Waals surface area contributed by atoms with E-state index in [1.54, 1.807) is 42.5 Å². The standard InChI is InChI=1S/C24H18Cl2FN3O/c1-29(2)17-10-7-15(8-11-17)13-21-24(31)30(22-14-16(25)9-12-19(22)26)23(28-21)18-5-3-4-6-20(18)27/h3-14H,1-2H3. The van der Waals surface area contributed by atoms with Crippen LogP contribution in [0.25, 0.3) is 6.08 Å². The third-order valence-corrected chi connectivity index (χ3v) is 5.39. The number of hydrogen-bond donors (Lipinski definition) is 0. The first-order chi connectivity index (χ1) is 14.8. The lowest BCUT2D eigenvalue weighted by Gasteiger charge is -2.20. The van der Waals surface area contributed by atoms with E-state index in [1.807, 2.05) is 43.3 Å². The molecule has 3 aromatic rings. The first kappa shape index (κ1) is 21.1. The number of benzene rings is 3. The Kier molecular flexibility index (Phi) is 5.81. The number of amides is 1. The summed E-state index contributed by atoms with van der Waals surface area (Å²) in [6, 6.07) is 18.6. The van der Waals surface area contributed by atoms with Crippen LogP contribution in [-0.2, 0) is 4.79 Å². The van der Waals surface area contributed by atoms with Crippen LogP contribution in [0.15, 0.2) is 77.4 Å². The van der Waals surface area contributed by atoms with E-state index in [0.717, 1.165) is 11.3 Å². The van der Waals surface area contributed by atoms with Gasteiger partial charge >= 0.3 is 0 Å². The zero-order valence-electron chi connectivity index (χ0n) is 16.8. The van der Waals surface area contributed by atoms with Gasteiger partial charge in [0, 0.05) is 24.8 Å². The maximum Gasteiger partial charge on any atom is 0.282 e. The van der Waals surface area contributed by atoms with Crippen molar-refractivity contribution in [3.8, 4) is 0 Å². The average molecular weight is 454 g/mol. The third kappa shape index (κ3) is 4.20. The Morgan fingerprint density at radius 2 is 1.71 bits per heavy atom. The molecule has 0 atom stereocenters. The van der Waals surface area contributed by atoms with E-state index >= 15 is 0 Å². The van der Waals surface area contributed by atoms with Crippen LogP contribution < -0.4 is 9.80 Å². The van der Waals surface area contributed by atoms with E-state index in [0.29, 0.717) is 15.7 Å². The van der Waals surface area contributed by atoms with Gasteiger partial charge in [-0.1, -0.05) is 47.5 Å². The van der Waals surface area contributed by atoms with Crippen molar-refractivity contribution in [2.24, 2.45) is 4.99 Å². The van der Waals surface area contributed by atoms with Crippen LogP contribution in [0.1, 0.15) is 11.1 Å². The molecular weight excluding hydrogens is 436 g/mol. The zero-order valence-corrected chi connectivity index (χ0v) is 18.3. The number of carbonyl (C=O) groups is 1. The van der Waals surface area contributed by atoms with Crippen LogP contribution >= 0.6 is 23.2 Å². The number of hydrogen-bond acceptors (Lipinski definition) is 3. The van der Waals surface area contributed by atoms with Crippen LogP contribution in [0.4, 0.5) is 15.8 Å². The highest BCUT2D eigenvalue weighted by atomic mass is 35.5. The number of aliphatic imine (C=N–C) groups is 1. The molecule has 0 radical (unpaired) electrons. The average Bonchev–Trinajstić information content (AvgIpc) is 3.06. The molecule has 0 bridgehead atoms. The monoisotopic (exact) mass is 453 g/mol. The first-order valence-corrected chi connectivity index (χ1v) is 10.2. The minimum atomic E-state index is -0.492. The highest BCUT2D eigenvalue weighted by molar-refractivity contribution is 6.40. The van der Waals surface area contributed by atoms with Crippen molar-refractivity contribution in [2.75, 3.05) is 23.9 Å². The van der Waals surface area contributed by atoms with E-state index in [4.69, 9.17) is 23.2 Å². The fourth-order valence-corrected chi connectivity index (χ4v) is 3.62. The third-order valence-electron chi connectivity index (χ3n) is 4.84. The van der Waals surface area contributed by atoms with Gasteiger partial charge in [-0.15, -0.1) is 0 Å². The van der Waals surface area contributed by atoms with Crippen molar-refractivity contribution in [1.82, 2.24) is 0 Å². The summed E-state index contributed by atoms with van der Waals surface area (Å²) in [5.74, 6) is -0.753. The second kappa shape index (κ2) is 8.53. The number of anilines is 2. The lowest BCUT2D eigenvalue weighted by molar-refractivity contribution is -0.113. The second-order valence-corrected chi connectivity index (χ2v) is 8.01. The quantitative estimate of drug-likeness (QED) is 0.451. The summed E-state index contributed by atoms with van der Waals surface area (Å²) in [5, 5.41) is 0.704. The molecule has 1 aliphatic rings. The maximum absolute atomic E-state index is 14.6. The Morgan fingerprint density at radius 3 is 2.39 bits per heavy atom. The fraction of sp³-hybridized carbons (Fsp3) is 0.0833. The van der Waals surface area contributed by atoms with E-state index < -0.39 is 11.7 Å². The Bertz CT molecular complexity index is 1220. The van der Waals surface area contributed by atoms with Gasteiger partial charge in [0.1, 0.15) is 11.5 Å². The molecule has 1 heterocycles. The molecule has 31 heavy (non-hydrogen) atoms. The summed E-state index contributed by atoms with van der Waals surface area (Å²) in [6.45, 7) is 0. The molecule has 0 aliphatic carbocycles. The van der Waals surface area contributed by atoms with Crippen molar-refractivity contribution in [2.45, 2.75) is 0 Å². The minimum Gasteiger partial charge on any atom is -0.378 e. The van der Waals surface area contributed by atoms with E-state index in [1.165, 1.54) is 11.0 Å². The molecule has 0 aromatic heterocycles. The van der Waals surface area contributed by atoms with Crippen LogP contribution in [0.2, 0.25) is 10.0 Å². The molecular formula is C24H18Cl2FN3O. The van der Waals surface area contributed by atoms with Gasteiger partial charge in [0.15, 0.2) is 5.84 Å². The summed E-state index contributed by atoms with van der Waals surface area (Å²) >= 11 is 12.5. The minimum absolute atomic E-state index is 0.156. The number of carbonyl (C=O) groups excluding carboxylic acids is 1. The Labute approximate surface area is 189 Å². The first-order valence-electron chi connectivity index (χ1n) is 9.47. The summed E-state index contributed by atoms with van der Waals surface area (Å²) in [6.07, 6.45) is 1.67. The van der Waals surface area contributed by atoms with E-state index in [9.17, 15) is 9.18 Å². The highest BCUT2D eigenvalue weighted by Gasteiger charge is 2.35. The van der Waals surface area contributed by atoms with E-state index in [2.05, 4.69) is 4.99 Å². The Balaban J connectivity index is 1.84. The normalized spacial score (nSPS) is 14.9. The molecule has 0 N–H and O–H groups in total. The molecule has 0 fully saturated rings. The lowest BCUT2D eigenvalue weighted by atomic mass is 10.1. The molecule has 0 saturated heterocycles. The number of amidine groups is 1. The largest absolute Gasteiger partial charge is 0.378 e. The van der Waals surface area contributed by atoms with Crippen LogP contribution in [0, 0.1) is 5.82 Å². The number of nitrogens with zero attached hydrogens (tertiary/aromatic N) is 3. The molecule has 1 aliphatic heterocycles. The Morgan fingerprint density at radius 1 is 1.00 bits per heavy atom. The van der Waals surface area contributed by atoms with Gasteiger partial charge in [-0.3, -0.25) is 9.69 Å². The fourth-order valence-electron chi connectivity index (χ4n) is 3.25. The van der Waals surface area contributed by atoms with Gasteiger partial charge in [-0.05, 0) is 54.1 Å². The predicted molar refractivity (Wildman–Crippen MR) is 126 cm³/mol. The van der Waals surface area contributed by atoms with Gasteiger partial charge in [0.2, 0.25) is 0 Å². The maximum atomic E-state index is 14.6. The SMILES string of the molecule is CN(C)c1ccc(C=C2N=C(c3ccccc3F)N(c3cc(Cl)ccc3Cl)C2=O)cc1. The summed E-state index contributed by atoms with van der Waals surface area (Å²) in [5.41, 5.74) is 2.53. The molecule has 4 rings (SSSR count). The van der Waals surface area contributed by atoms with Crippen molar-refractivity contribution < 1.29 is 9.18 Å². The summed E-state index contributed by atoms with van der Waals surface area (Å²) < 4.78 is 14.6. The van der Waals surface area contributed by atoms with Crippen molar-refractivity contribution >= 4 is 52.4 Å². The topological polar surface area (TPSA) is 35.9 Å². The van der Waals surface area contributed by atoms with Crippen LogP contribution in [0.5, 0.6) is 0 Å². The summed E-state index contributed by atoms with van der Waals surface area (Å²) in [4.78, 5) is 21.1. The van der Waals surface area contributed by atoms with E-state index in [-0.39, 0.29) is 17.1 Å². The highest BCUT2D eigenvalue weighted by Crippen LogP contribution is 2.35. The molecule has 0 unspecified atom stereocenters. The van der Waals surface area contributed by atoms with Crippen molar-refractivity contribution in [1.29, 1.82) is 0 Å². The Hall–Kier alpha value is -3.15. The number of rotatable bonds is 4. The molecule has 0 spiro atoms. The molecule has 4 nitrogen and oxygen atoms in total. The molecule has 156 valence electrons. The van der Waals surface area contributed by atoms with Crippen molar-refractivity contribution in [3.05, 3.63) is 99.4 Å². The molecule has 0 saturated carbocycles. The van der Waals surface area contributed by atoms with Crippen molar-refractivity contribution in [3.63, 3.8) is 0 Å². The van der Waals surface area contributed by atoms with Crippen LogP contribution in [-0.4, -0.2) is 25.8 Å². The zero-order chi connectivity index (χ0) is 22.1. The van der Waals surface area contributed by atoms with Gasteiger partial charge in [-0.2, -0.15) is 0 Å². The molecule has 3 aromatic carbocycles. The van der Waals surface area contributed by atoms with Gasteiger partial charge in [-0.25, -0.2) is 9.38 Å². The van der Waals surface area contributed by atoms with Crippen LogP contribution in [0.3, 0.4) is 0 Å². The smallest absolute Gasteiger partial charge is 0.282 e. The van der Waals surface area contributed by atoms with Gasteiger partial charge in [0.25, 0.3) is 5.91 Å².